The highest BCUT2D eigenvalue weighted by molar-refractivity contribution is 9.10. The maximum atomic E-state index is 10.6. The van der Waals surface area contributed by atoms with Crippen molar-refractivity contribution in [2.24, 2.45) is 0 Å². The van der Waals surface area contributed by atoms with E-state index in [1.807, 2.05) is 18.2 Å². The summed E-state index contributed by atoms with van der Waals surface area (Å²) in [6, 6.07) is 5.82. The van der Waals surface area contributed by atoms with E-state index in [0.29, 0.717) is 6.54 Å². The van der Waals surface area contributed by atoms with Crippen LogP contribution in [0.5, 0.6) is 5.75 Å². The average Bonchev–Trinajstić information content (AvgIpc) is 2.63. The lowest BCUT2D eigenvalue weighted by Gasteiger charge is -2.27. The Balaban J connectivity index is 2.00. The summed E-state index contributed by atoms with van der Waals surface area (Å²) >= 11 is 3.52. The predicted molar refractivity (Wildman–Crippen MR) is 81.8 cm³/mol. The highest BCUT2D eigenvalue weighted by Gasteiger charge is 2.27. The fourth-order valence-corrected chi connectivity index (χ4v) is 2.98. The molecule has 106 valence electrons. The number of aliphatic hydroxyl groups is 1. The summed E-state index contributed by atoms with van der Waals surface area (Å²) in [5.41, 5.74) is 0.399. The molecule has 0 heterocycles. The minimum Gasteiger partial charge on any atom is -0.497 e. The fourth-order valence-electron chi connectivity index (χ4n) is 2.59. The molecule has 3 nitrogen and oxygen atoms in total. The van der Waals surface area contributed by atoms with E-state index in [1.165, 1.54) is 12.8 Å². The third kappa shape index (κ3) is 4.11. The summed E-state index contributed by atoms with van der Waals surface area (Å²) in [4.78, 5) is 0. The van der Waals surface area contributed by atoms with Gasteiger partial charge in [0.05, 0.1) is 18.4 Å². The smallest absolute Gasteiger partial charge is 0.121 e. The Morgan fingerprint density at radius 1 is 1.26 bits per heavy atom. The largest absolute Gasteiger partial charge is 0.497 e. The van der Waals surface area contributed by atoms with Crippen molar-refractivity contribution in [3.8, 4) is 5.75 Å². The number of halogens is 1. The van der Waals surface area contributed by atoms with Gasteiger partial charge in [-0.15, -0.1) is 0 Å². The summed E-state index contributed by atoms with van der Waals surface area (Å²) < 4.78 is 6.21. The topological polar surface area (TPSA) is 41.5 Å². The Kier molecular flexibility index (Phi) is 5.11. The van der Waals surface area contributed by atoms with Crippen LogP contribution in [0, 0.1) is 0 Å². The number of ether oxygens (including phenoxy) is 1. The normalized spacial score (nSPS) is 18.7. The molecule has 1 aliphatic carbocycles. The van der Waals surface area contributed by atoms with E-state index in [-0.39, 0.29) is 0 Å². The highest BCUT2D eigenvalue weighted by Crippen LogP contribution is 2.30. The third-order valence-corrected chi connectivity index (χ3v) is 4.51. The number of hydrogen-bond acceptors (Lipinski definition) is 3. The molecular weight excluding hydrogens is 306 g/mol. The van der Waals surface area contributed by atoms with Gasteiger partial charge in [0, 0.05) is 17.1 Å². The summed E-state index contributed by atoms with van der Waals surface area (Å²) in [7, 11) is 1.66. The van der Waals surface area contributed by atoms with Gasteiger partial charge in [0.25, 0.3) is 0 Å². The second kappa shape index (κ2) is 6.62. The molecule has 2 rings (SSSR count). The van der Waals surface area contributed by atoms with Gasteiger partial charge in [-0.25, -0.2) is 0 Å². The highest BCUT2D eigenvalue weighted by atomic mass is 79.9. The SMILES string of the molecule is COc1ccc(Br)c(NCC2(O)CCCCCC2)c1. The molecule has 1 aliphatic rings. The number of nitrogens with one attached hydrogen (secondary N) is 1. The number of methoxy groups -OCH3 is 1. The molecule has 1 saturated carbocycles. The van der Waals surface area contributed by atoms with Gasteiger partial charge >= 0.3 is 0 Å². The van der Waals surface area contributed by atoms with Crippen LogP contribution in [0.3, 0.4) is 0 Å². The van der Waals surface area contributed by atoms with Gasteiger partial charge < -0.3 is 15.2 Å². The molecule has 0 atom stereocenters. The van der Waals surface area contributed by atoms with Crippen molar-refractivity contribution in [3.05, 3.63) is 22.7 Å². The van der Waals surface area contributed by atoms with Gasteiger partial charge in [-0.2, -0.15) is 0 Å². The minimum atomic E-state index is -0.570. The van der Waals surface area contributed by atoms with Crippen LogP contribution in [-0.2, 0) is 0 Å². The van der Waals surface area contributed by atoms with E-state index < -0.39 is 5.60 Å². The zero-order chi connectivity index (χ0) is 13.7. The van der Waals surface area contributed by atoms with Gasteiger partial charge in [-0.3, -0.25) is 0 Å². The molecule has 0 aromatic heterocycles. The third-order valence-electron chi connectivity index (χ3n) is 3.82. The number of anilines is 1. The van der Waals surface area contributed by atoms with E-state index in [0.717, 1.165) is 41.6 Å². The van der Waals surface area contributed by atoms with Crippen molar-refractivity contribution in [1.82, 2.24) is 0 Å². The van der Waals surface area contributed by atoms with Crippen molar-refractivity contribution >= 4 is 21.6 Å². The van der Waals surface area contributed by atoms with Crippen LogP contribution in [-0.4, -0.2) is 24.4 Å². The van der Waals surface area contributed by atoms with Crippen molar-refractivity contribution < 1.29 is 9.84 Å². The predicted octanol–water partition coefficient (Wildman–Crippen LogP) is 3.95. The van der Waals surface area contributed by atoms with Crippen LogP contribution >= 0.6 is 15.9 Å². The van der Waals surface area contributed by atoms with Gasteiger partial charge in [0.1, 0.15) is 5.75 Å². The van der Waals surface area contributed by atoms with E-state index in [9.17, 15) is 5.11 Å². The second-order valence-electron chi connectivity index (χ2n) is 5.34. The lowest BCUT2D eigenvalue weighted by molar-refractivity contribution is 0.0381. The molecule has 1 aromatic carbocycles. The van der Waals surface area contributed by atoms with Crippen LogP contribution in [0.15, 0.2) is 22.7 Å². The van der Waals surface area contributed by atoms with Crippen LogP contribution in [0.2, 0.25) is 0 Å². The Hall–Kier alpha value is -0.740. The minimum absolute atomic E-state index is 0.570. The first-order chi connectivity index (χ1) is 9.13. The van der Waals surface area contributed by atoms with Gasteiger partial charge in [0.15, 0.2) is 0 Å². The first-order valence-electron chi connectivity index (χ1n) is 6.93. The summed E-state index contributed by atoms with van der Waals surface area (Å²) in [5.74, 6) is 0.818. The molecule has 0 radical (unpaired) electrons. The van der Waals surface area contributed by atoms with Crippen LogP contribution in [0.1, 0.15) is 38.5 Å². The van der Waals surface area contributed by atoms with Gasteiger partial charge in [-0.1, -0.05) is 25.7 Å². The van der Waals surface area contributed by atoms with E-state index in [4.69, 9.17) is 4.74 Å². The molecule has 4 heteroatoms. The van der Waals surface area contributed by atoms with Crippen molar-refractivity contribution in [2.45, 2.75) is 44.1 Å². The monoisotopic (exact) mass is 327 g/mol. The standard InChI is InChI=1S/C15H22BrNO2/c1-19-12-6-7-13(16)14(10-12)17-11-15(18)8-4-2-3-5-9-15/h6-7,10,17-18H,2-5,8-9,11H2,1H3. The lowest BCUT2D eigenvalue weighted by Crippen LogP contribution is -2.36. The molecule has 0 spiro atoms. The Bertz CT molecular complexity index is 415. The Labute approximate surface area is 123 Å². The van der Waals surface area contributed by atoms with Gasteiger partial charge in [-0.05, 0) is 40.9 Å². The molecule has 0 aliphatic heterocycles. The second-order valence-corrected chi connectivity index (χ2v) is 6.19. The summed E-state index contributed by atoms with van der Waals surface area (Å²) in [6.45, 7) is 0.596. The molecule has 19 heavy (non-hydrogen) atoms. The molecule has 0 saturated heterocycles. The number of benzene rings is 1. The maximum Gasteiger partial charge on any atom is 0.121 e. The molecule has 1 fully saturated rings. The van der Waals surface area contributed by atoms with Crippen molar-refractivity contribution in [1.29, 1.82) is 0 Å². The fraction of sp³-hybridized carbons (Fsp3) is 0.600. The van der Waals surface area contributed by atoms with Crippen LogP contribution in [0.4, 0.5) is 5.69 Å². The Morgan fingerprint density at radius 2 is 1.95 bits per heavy atom. The molecule has 0 unspecified atom stereocenters. The van der Waals surface area contributed by atoms with E-state index >= 15 is 0 Å². The van der Waals surface area contributed by atoms with Crippen molar-refractivity contribution in [2.75, 3.05) is 19.0 Å². The zero-order valence-electron chi connectivity index (χ0n) is 11.4. The van der Waals surface area contributed by atoms with E-state index in [2.05, 4.69) is 21.2 Å². The number of rotatable bonds is 4. The molecule has 0 bridgehead atoms. The zero-order valence-corrected chi connectivity index (χ0v) is 13.0. The summed E-state index contributed by atoms with van der Waals surface area (Å²) in [5, 5.41) is 14.0. The average molecular weight is 328 g/mol. The molecule has 0 amide bonds. The maximum absolute atomic E-state index is 10.6. The first-order valence-corrected chi connectivity index (χ1v) is 7.72. The van der Waals surface area contributed by atoms with Crippen molar-refractivity contribution in [3.63, 3.8) is 0 Å². The lowest BCUT2D eigenvalue weighted by atomic mass is 9.94. The summed E-state index contributed by atoms with van der Waals surface area (Å²) in [6.07, 6.45) is 6.51. The molecular formula is C15H22BrNO2. The first kappa shape index (κ1) is 14.7. The van der Waals surface area contributed by atoms with Gasteiger partial charge in [0.2, 0.25) is 0 Å². The van der Waals surface area contributed by atoms with E-state index in [1.54, 1.807) is 7.11 Å². The molecule has 1 aromatic rings. The van der Waals surface area contributed by atoms with Crippen LogP contribution in [0.25, 0.3) is 0 Å². The quantitative estimate of drug-likeness (QED) is 0.822. The Morgan fingerprint density at radius 3 is 2.58 bits per heavy atom. The van der Waals surface area contributed by atoms with Crippen LogP contribution < -0.4 is 10.1 Å². The molecule has 2 N–H and O–H groups in total. The number of hydrogen-bond donors (Lipinski definition) is 2.